The maximum atomic E-state index is 9.35. The Labute approximate surface area is 59.3 Å². The number of fused-ring (bicyclic) bond motifs is 2. The van der Waals surface area contributed by atoms with E-state index >= 15 is 0 Å². The van der Waals surface area contributed by atoms with E-state index in [0.717, 1.165) is 12.8 Å². The van der Waals surface area contributed by atoms with Gasteiger partial charge in [0, 0.05) is 11.8 Å². The maximum absolute atomic E-state index is 9.35. The van der Waals surface area contributed by atoms with Gasteiger partial charge in [0.1, 0.15) is 0 Å². The van der Waals surface area contributed by atoms with Gasteiger partial charge >= 0.3 is 0 Å². The zero-order chi connectivity index (χ0) is 7.30. The summed E-state index contributed by atoms with van der Waals surface area (Å²) < 4.78 is 0. The second-order valence-corrected chi connectivity index (χ2v) is 3.38. The first-order valence-corrected chi connectivity index (χ1v) is 3.76. The lowest BCUT2D eigenvalue weighted by atomic mass is 9.95. The molecule has 2 saturated carbocycles. The van der Waals surface area contributed by atoms with E-state index in [2.05, 4.69) is 0 Å². The van der Waals surface area contributed by atoms with E-state index in [1.165, 1.54) is 0 Å². The summed E-state index contributed by atoms with van der Waals surface area (Å²) in [6.45, 7) is 0. The van der Waals surface area contributed by atoms with Crippen molar-refractivity contribution in [3.05, 3.63) is 0 Å². The molecule has 0 aromatic carbocycles. The fourth-order valence-corrected chi connectivity index (χ4v) is 2.30. The third kappa shape index (κ3) is 0.603. The van der Waals surface area contributed by atoms with Gasteiger partial charge in [-0.1, -0.05) is 0 Å². The normalized spacial score (nSPS) is 59.7. The van der Waals surface area contributed by atoms with Crippen molar-refractivity contribution in [2.24, 2.45) is 11.8 Å². The van der Waals surface area contributed by atoms with Crippen LogP contribution in [0.25, 0.3) is 0 Å². The van der Waals surface area contributed by atoms with E-state index in [9.17, 15) is 15.3 Å². The van der Waals surface area contributed by atoms with Gasteiger partial charge in [-0.15, -0.1) is 0 Å². The first kappa shape index (κ1) is 6.58. The molecular weight excluding hydrogens is 132 g/mol. The highest BCUT2D eigenvalue weighted by Crippen LogP contribution is 2.44. The predicted octanol–water partition coefficient (Wildman–Crippen LogP) is -0.891. The highest BCUT2D eigenvalue weighted by molar-refractivity contribution is 5.02. The summed E-state index contributed by atoms with van der Waals surface area (Å²) in [7, 11) is 0. The molecule has 2 bridgehead atoms. The number of rotatable bonds is 0. The lowest BCUT2D eigenvalue weighted by Crippen LogP contribution is -2.31. The largest absolute Gasteiger partial charge is 0.392 e. The Hall–Kier alpha value is -0.120. The molecule has 2 aliphatic rings. The first-order chi connectivity index (χ1) is 4.72. The summed E-state index contributed by atoms with van der Waals surface area (Å²) in [5, 5.41) is 27.8. The minimum Gasteiger partial charge on any atom is -0.392 e. The van der Waals surface area contributed by atoms with E-state index in [1.807, 2.05) is 0 Å². The van der Waals surface area contributed by atoms with Crippen LogP contribution in [0.4, 0.5) is 0 Å². The highest BCUT2D eigenvalue weighted by atomic mass is 16.3. The summed E-state index contributed by atoms with van der Waals surface area (Å²) in [5.41, 5.74) is 0. The van der Waals surface area contributed by atoms with Crippen LogP contribution in [-0.4, -0.2) is 33.6 Å². The Morgan fingerprint density at radius 1 is 0.700 bits per heavy atom. The van der Waals surface area contributed by atoms with Gasteiger partial charge in [-0.25, -0.2) is 0 Å². The molecule has 10 heavy (non-hydrogen) atoms. The van der Waals surface area contributed by atoms with Crippen LogP contribution in [0.1, 0.15) is 12.8 Å². The standard InChI is InChI=1S/C7H12O3/c8-5-3-1-2-4(5)7(10)6(3)9/h3-10H,1-2H2/t3-,4+,5?,6+,7-. The molecule has 0 radical (unpaired) electrons. The third-order valence-corrected chi connectivity index (χ3v) is 2.94. The van der Waals surface area contributed by atoms with Crippen molar-refractivity contribution in [3.63, 3.8) is 0 Å². The molecule has 1 unspecified atom stereocenters. The SMILES string of the molecule is OC1[C@H]2CC[C@@H]1[C@@H](O)[C@H]2O. The minimum absolute atomic E-state index is 0.0556. The molecule has 2 aliphatic carbocycles. The van der Waals surface area contributed by atoms with Crippen LogP contribution in [0.5, 0.6) is 0 Å². The van der Waals surface area contributed by atoms with E-state index < -0.39 is 18.3 Å². The highest BCUT2D eigenvalue weighted by Gasteiger charge is 2.52. The Balaban J connectivity index is 2.21. The molecule has 0 aromatic heterocycles. The van der Waals surface area contributed by atoms with Gasteiger partial charge in [-0.05, 0) is 12.8 Å². The van der Waals surface area contributed by atoms with Gasteiger partial charge in [0.25, 0.3) is 0 Å². The predicted molar refractivity (Wildman–Crippen MR) is 34.2 cm³/mol. The minimum atomic E-state index is -0.672. The van der Waals surface area contributed by atoms with Gasteiger partial charge in [0.15, 0.2) is 0 Å². The monoisotopic (exact) mass is 144 g/mol. The molecule has 3 N–H and O–H groups in total. The summed E-state index contributed by atoms with van der Waals surface area (Å²) in [5.74, 6) is -0.111. The maximum Gasteiger partial charge on any atom is 0.0855 e. The molecule has 5 atom stereocenters. The summed E-state index contributed by atoms with van der Waals surface area (Å²) in [4.78, 5) is 0. The quantitative estimate of drug-likeness (QED) is 0.413. The molecule has 3 nitrogen and oxygen atoms in total. The Kier molecular flexibility index (Phi) is 1.27. The van der Waals surface area contributed by atoms with Crippen LogP contribution in [0.2, 0.25) is 0 Å². The smallest absolute Gasteiger partial charge is 0.0855 e. The van der Waals surface area contributed by atoms with Gasteiger partial charge in [-0.2, -0.15) is 0 Å². The van der Waals surface area contributed by atoms with E-state index in [1.54, 1.807) is 0 Å². The van der Waals surface area contributed by atoms with Crippen molar-refractivity contribution in [2.45, 2.75) is 31.2 Å². The molecular formula is C7H12O3. The van der Waals surface area contributed by atoms with Crippen molar-refractivity contribution in [1.82, 2.24) is 0 Å². The summed E-state index contributed by atoms with van der Waals surface area (Å²) >= 11 is 0. The molecule has 0 saturated heterocycles. The van der Waals surface area contributed by atoms with Gasteiger partial charge in [0.05, 0.1) is 18.3 Å². The van der Waals surface area contributed by atoms with E-state index in [-0.39, 0.29) is 11.8 Å². The molecule has 0 aromatic rings. The van der Waals surface area contributed by atoms with Crippen molar-refractivity contribution in [3.8, 4) is 0 Å². The average Bonchev–Trinajstić information content (AvgIpc) is 2.34. The molecule has 0 spiro atoms. The molecule has 0 heterocycles. The van der Waals surface area contributed by atoms with Crippen LogP contribution < -0.4 is 0 Å². The Morgan fingerprint density at radius 2 is 1.10 bits per heavy atom. The Bertz CT molecular complexity index is 124. The molecule has 2 rings (SSSR count). The zero-order valence-corrected chi connectivity index (χ0v) is 5.64. The third-order valence-electron chi connectivity index (χ3n) is 2.94. The number of aliphatic hydroxyl groups is 3. The first-order valence-electron chi connectivity index (χ1n) is 3.76. The molecule has 0 aliphatic heterocycles. The van der Waals surface area contributed by atoms with Gasteiger partial charge in [0.2, 0.25) is 0 Å². The van der Waals surface area contributed by atoms with Crippen LogP contribution >= 0.6 is 0 Å². The lowest BCUT2D eigenvalue weighted by Gasteiger charge is -2.20. The van der Waals surface area contributed by atoms with Crippen molar-refractivity contribution < 1.29 is 15.3 Å². The van der Waals surface area contributed by atoms with Crippen LogP contribution in [-0.2, 0) is 0 Å². The number of hydrogen-bond acceptors (Lipinski definition) is 3. The van der Waals surface area contributed by atoms with Crippen molar-refractivity contribution in [2.75, 3.05) is 0 Å². The van der Waals surface area contributed by atoms with E-state index in [4.69, 9.17) is 0 Å². The van der Waals surface area contributed by atoms with Crippen molar-refractivity contribution >= 4 is 0 Å². The average molecular weight is 144 g/mol. The summed E-state index contributed by atoms with van der Waals surface area (Å²) in [6, 6.07) is 0. The molecule has 2 fully saturated rings. The molecule has 58 valence electrons. The van der Waals surface area contributed by atoms with Crippen LogP contribution in [0.3, 0.4) is 0 Å². The van der Waals surface area contributed by atoms with Crippen LogP contribution in [0.15, 0.2) is 0 Å². The number of aliphatic hydroxyl groups excluding tert-OH is 3. The zero-order valence-electron chi connectivity index (χ0n) is 5.64. The fraction of sp³-hybridized carbons (Fsp3) is 1.00. The second kappa shape index (κ2) is 1.94. The van der Waals surface area contributed by atoms with Gasteiger partial charge in [-0.3, -0.25) is 0 Å². The second-order valence-electron chi connectivity index (χ2n) is 3.38. The van der Waals surface area contributed by atoms with Gasteiger partial charge < -0.3 is 15.3 Å². The topological polar surface area (TPSA) is 60.7 Å². The van der Waals surface area contributed by atoms with Crippen molar-refractivity contribution in [1.29, 1.82) is 0 Å². The number of hydrogen-bond donors (Lipinski definition) is 3. The fourth-order valence-electron chi connectivity index (χ4n) is 2.30. The lowest BCUT2D eigenvalue weighted by molar-refractivity contribution is -0.0160. The Morgan fingerprint density at radius 3 is 1.30 bits per heavy atom. The molecule has 3 heteroatoms. The summed E-state index contributed by atoms with van der Waals surface area (Å²) in [6.07, 6.45) is -0.0683. The van der Waals surface area contributed by atoms with Crippen LogP contribution in [0, 0.1) is 11.8 Å². The van der Waals surface area contributed by atoms with E-state index in [0.29, 0.717) is 0 Å². The molecule has 0 amide bonds.